The lowest BCUT2D eigenvalue weighted by molar-refractivity contribution is -0.124. The fourth-order valence-corrected chi connectivity index (χ4v) is 5.31. The number of carbonyl (C=O) groups excluding carboxylic acids is 3. The van der Waals surface area contributed by atoms with E-state index in [0.29, 0.717) is 5.56 Å². The maximum atomic E-state index is 13.9. The molecule has 3 aliphatic rings. The summed E-state index contributed by atoms with van der Waals surface area (Å²) >= 11 is 0. The first-order valence-electron chi connectivity index (χ1n) is 10.7. The van der Waals surface area contributed by atoms with Gasteiger partial charge in [0.25, 0.3) is 0 Å². The highest BCUT2D eigenvalue weighted by atomic mass is 19.1. The predicted octanol–water partition coefficient (Wildman–Crippen LogP) is 3.59. The maximum Gasteiger partial charge on any atom is 0.240 e. The van der Waals surface area contributed by atoms with Crippen LogP contribution in [0, 0.1) is 17.7 Å². The van der Waals surface area contributed by atoms with Gasteiger partial charge in [0.2, 0.25) is 11.8 Å². The molecule has 3 aromatic rings. The number of benzene rings is 3. The number of nitrogens with zero attached hydrogens (tertiary/aromatic N) is 3. The van der Waals surface area contributed by atoms with Crippen LogP contribution in [0.4, 0.5) is 10.1 Å². The Kier molecular flexibility index (Phi) is 4.26. The highest BCUT2D eigenvalue weighted by Crippen LogP contribution is 2.53. The molecule has 2 fully saturated rings. The molecule has 4 atom stereocenters. The molecule has 3 heterocycles. The molecule has 0 N–H and O–H groups in total. The Morgan fingerprint density at radius 2 is 1.58 bits per heavy atom. The van der Waals surface area contributed by atoms with E-state index in [9.17, 15) is 18.8 Å². The van der Waals surface area contributed by atoms with E-state index in [0.717, 1.165) is 22.1 Å². The highest BCUT2D eigenvalue weighted by Gasteiger charge is 2.65. The average Bonchev–Trinajstić information content (AvgIpc) is 3.32. The van der Waals surface area contributed by atoms with Gasteiger partial charge in [-0.25, -0.2) is 9.29 Å². The molecule has 0 bridgehead atoms. The molecule has 33 heavy (non-hydrogen) atoms. The van der Waals surface area contributed by atoms with Crippen molar-refractivity contribution in [2.24, 2.45) is 16.9 Å². The highest BCUT2D eigenvalue weighted by molar-refractivity contribution is 6.24. The number of hydrazone groups is 1. The number of fused-ring (bicyclic) bond motifs is 5. The lowest BCUT2D eigenvalue weighted by Gasteiger charge is -2.33. The predicted molar refractivity (Wildman–Crippen MR) is 119 cm³/mol. The number of carbonyl (C=O) groups is 3. The van der Waals surface area contributed by atoms with Crippen LogP contribution in [0.3, 0.4) is 0 Å². The zero-order chi connectivity index (χ0) is 22.7. The maximum absolute atomic E-state index is 13.9. The van der Waals surface area contributed by atoms with Gasteiger partial charge in [-0.05, 0) is 29.3 Å². The monoisotopic (exact) mass is 439 g/mol. The number of amides is 2. The molecule has 2 saturated heterocycles. The van der Waals surface area contributed by atoms with Crippen LogP contribution in [0.1, 0.15) is 27.5 Å². The third kappa shape index (κ3) is 2.78. The summed E-state index contributed by atoms with van der Waals surface area (Å²) in [5, 5.41) is 6.15. The van der Waals surface area contributed by atoms with Gasteiger partial charge in [-0.15, -0.1) is 0 Å². The van der Waals surface area contributed by atoms with Gasteiger partial charge in [0, 0.05) is 5.56 Å². The van der Waals surface area contributed by atoms with E-state index in [1.165, 1.54) is 18.2 Å². The van der Waals surface area contributed by atoms with Gasteiger partial charge in [0.1, 0.15) is 11.9 Å². The number of halogens is 1. The second-order valence-corrected chi connectivity index (χ2v) is 8.42. The van der Waals surface area contributed by atoms with E-state index in [-0.39, 0.29) is 11.5 Å². The number of imide groups is 1. The van der Waals surface area contributed by atoms with E-state index < -0.39 is 41.6 Å². The minimum Gasteiger partial charge on any atom is -0.292 e. The Morgan fingerprint density at radius 1 is 0.848 bits per heavy atom. The van der Waals surface area contributed by atoms with Crippen molar-refractivity contribution in [3.8, 4) is 0 Å². The van der Waals surface area contributed by atoms with Crippen LogP contribution in [0.2, 0.25) is 0 Å². The zero-order valence-electron chi connectivity index (χ0n) is 17.3. The SMILES string of the molecule is O=C(c1ccccc1)[C@@H]1[C@@H]2C(=O)N(c3cccc(F)c3)C(=O)[C@H]2[C@@H]2c3ccccc3C=NN12. The van der Waals surface area contributed by atoms with E-state index in [1.54, 1.807) is 35.5 Å². The molecular weight excluding hydrogens is 421 g/mol. The molecular formula is C26H18FN3O3. The van der Waals surface area contributed by atoms with Gasteiger partial charge in [-0.3, -0.25) is 19.4 Å². The van der Waals surface area contributed by atoms with Gasteiger partial charge < -0.3 is 0 Å². The molecule has 3 aromatic carbocycles. The summed E-state index contributed by atoms with van der Waals surface area (Å²) in [7, 11) is 0. The molecule has 0 unspecified atom stereocenters. The lowest BCUT2D eigenvalue weighted by atomic mass is 9.83. The van der Waals surface area contributed by atoms with Crippen molar-refractivity contribution in [2.75, 3.05) is 4.90 Å². The first kappa shape index (κ1) is 19.5. The van der Waals surface area contributed by atoms with E-state index in [2.05, 4.69) is 5.10 Å². The van der Waals surface area contributed by atoms with Crippen LogP contribution in [0.15, 0.2) is 84.0 Å². The van der Waals surface area contributed by atoms with Crippen molar-refractivity contribution >= 4 is 29.5 Å². The first-order valence-corrected chi connectivity index (χ1v) is 10.7. The topological polar surface area (TPSA) is 70.0 Å². The molecule has 0 spiro atoms. The summed E-state index contributed by atoms with van der Waals surface area (Å²) in [6, 6.07) is 20.1. The summed E-state index contributed by atoms with van der Waals surface area (Å²) in [6.07, 6.45) is 1.66. The van der Waals surface area contributed by atoms with Crippen molar-refractivity contribution in [1.29, 1.82) is 0 Å². The molecule has 6 rings (SSSR count). The van der Waals surface area contributed by atoms with Crippen molar-refractivity contribution in [3.63, 3.8) is 0 Å². The number of hydrogen-bond donors (Lipinski definition) is 0. The number of anilines is 1. The molecule has 0 aromatic heterocycles. The van der Waals surface area contributed by atoms with Gasteiger partial charge >= 0.3 is 0 Å². The van der Waals surface area contributed by atoms with Crippen LogP contribution in [0.25, 0.3) is 0 Å². The van der Waals surface area contributed by atoms with Crippen LogP contribution >= 0.6 is 0 Å². The fourth-order valence-electron chi connectivity index (χ4n) is 5.31. The largest absolute Gasteiger partial charge is 0.292 e. The standard InChI is InChI=1S/C26H18FN3O3/c27-17-10-6-11-18(13-17)29-25(32)20-21(26(29)33)23(24(31)15-7-2-1-3-8-15)30-22(20)19-12-5-4-9-16(19)14-28-30/h1-14,20-23H/t20-,21-,22+,23+/m1/s1. The molecule has 6 nitrogen and oxygen atoms in total. The van der Waals surface area contributed by atoms with Gasteiger partial charge in [0.15, 0.2) is 5.78 Å². The smallest absolute Gasteiger partial charge is 0.240 e. The Balaban J connectivity index is 1.51. The lowest BCUT2D eigenvalue weighted by Crippen LogP contribution is -2.44. The van der Waals surface area contributed by atoms with Crippen molar-refractivity contribution in [2.45, 2.75) is 12.1 Å². The molecule has 0 radical (unpaired) electrons. The molecule has 7 heteroatoms. The summed E-state index contributed by atoms with van der Waals surface area (Å²) in [5.74, 6) is -3.50. The Morgan fingerprint density at radius 3 is 2.36 bits per heavy atom. The number of ketones is 1. The second kappa shape index (κ2) is 7.20. The summed E-state index contributed by atoms with van der Waals surface area (Å²) in [4.78, 5) is 42.0. The second-order valence-electron chi connectivity index (χ2n) is 8.42. The van der Waals surface area contributed by atoms with Gasteiger partial charge in [-0.2, -0.15) is 5.10 Å². The minimum absolute atomic E-state index is 0.171. The van der Waals surface area contributed by atoms with Crippen molar-refractivity contribution < 1.29 is 18.8 Å². The Hall–Kier alpha value is -4.13. The quantitative estimate of drug-likeness (QED) is 0.462. The average molecular weight is 439 g/mol. The molecule has 2 amide bonds. The molecule has 162 valence electrons. The fraction of sp³-hybridized carbons (Fsp3) is 0.154. The summed E-state index contributed by atoms with van der Waals surface area (Å²) in [5.41, 5.74) is 2.30. The van der Waals surface area contributed by atoms with Gasteiger partial charge in [0.05, 0.1) is 29.8 Å². The van der Waals surface area contributed by atoms with Crippen molar-refractivity contribution in [3.05, 3.63) is 101 Å². The van der Waals surface area contributed by atoms with E-state index in [4.69, 9.17) is 0 Å². The summed E-state index contributed by atoms with van der Waals surface area (Å²) < 4.78 is 13.9. The number of Topliss-reactive ketones (excluding diaryl/α,β-unsaturated/α-hetero) is 1. The third-order valence-electron chi connectivity index (χ3n) is 6.69. The minimum atomic E-state index is -0.943. The Bertz CT molecular complexity index is 1340. The number of hydrogen-bond acceptors (Lipinski definition) is 5. The van der Waals surface area contributed by atoms with Crippen LogP contribution in [-0.2, 0) is 9.59 Å². The van der Waals surface area contributed by atoms with E-state index >= 15 is 0 Å². The third-order valence-corrected chi connectivity index (χ3v) is 6.69. The normalized spacial score (nSPS) is 25.1. The van der Waals surface area contributed by atoms with Gasteiger partial charge in [-0.1, -0.05) is 60.7 Å². The van der Waals surface area contributed by atoms with Crippen molar-refractivity contribution in [1.82, 2.24) is 5.01 Å². The van der Waals surface area contributed by atoms with Crippen LogP contribution in [-0.4, -0.2) is 34.9 Å². The summed E-state index contributed by atoms with van der Waals surface area (Å²) in [6.45, 7) is 0. The van der Waals surface area contributed by atoms with Crippen LogP contribution in [0.5, 0.6) is 0 Å². The first-order chi connectivity index (χ1) is 16.1. The van der Waals surface area contributed by atoms with Crippen LogP contribution < -0.4 is 4.90 Å². The molecule has 3 aliphatic heterocycles. The molecule has 0 saturated carbocycles. The zero-order valence-corrected chi connectivity index (χ0v) is 17.3. The number of rotatable bonds is 3. The Labute approximate surface area is 188 Å². The molecule has 0 aliphatic carbocycles. The van der Waals surface area contributed by atoms with E-state index in [1.807, 2.05) is 30.3 Å².